The van der Waals surface area contributed by atoms with Gasteiger partial charge in [0.2, 0.25) is 5.78 Å². The van der Waals surface area contributed by atoms with Gasteiger partial charge in [0.15, 0.2) is 5.16 Å². The molecule has 178 valence electrons. The predicted octanol–water partition coefficient (Wildman–Crippen LogP) is 4.12. The van der Waals surface area contributed by atoms with Gasteiger partial charge in [-0.3, -0.25) is 23.7 Å². The van der Waals surface area contributed by atoms with Gasteiger partial charge in [0.05, 0.1) is 27.7 Å². The van der Waals surface area contributed by atoms with Gasteiger partial charge in [0.25, 0.3) is 17.4 Å². The number of benzene rings is 3. The summed E-state index contributed by atoms with van der Waals surface area (Å²) in [6.07, 6.45) is 0.598. The highest BCUT2D eigenvalue weighted by Crippen LogP contribution is 2.26. The second kappa shape index (κ2) is 8.76. The highest BCUT2D eigenvalue weighted by molar-refractivity contribution is 7.99. The van der Waals surface area contributed by atoms with Crippen LogP contribution in [0.15, 0.2) is 82.7 Å². The highest BCUT2D eigenvalue weighted by atomic mass is 32.2. The number of para-hydroxylation sites is 1. The molecule has 0 fully saturated rings. The standard InChI is InChI=1S/C27H21N5O3S/c1-17-11-13-18(14-12-17)31-25(35)21-9-4-5-10-22(21)32-26(31)28-29-27(32)36-16-6-15-30-23(33)19-7-2-3-8-20(19)24(30)34/h2-5,7-14H,6,15-16H2,1H3. The molecule has 2 aromatic heterocycles. The normalized spacial score (nSPS) is 13.2. The summed E-state index contributed by atoms with van der Waals surface area (Å²) in [5.41, 5.74) is 3.30. The van der Waals surface area contributed by atoms with E-state index in [2.05, 4.69) is 10.2 Å². The molecule has 1 aliphatic rings. The molecule has 0 saturated carbocycles. The molecular weight excluding hydrogens is 474 g/mol. The molecule has 5 aromatic rings. The lowest BCUT2D eigenvalue weighted by molar-refractivity contribution is 0.0655. The summed E-state index contributed by atoms with van der Waals surface area (Å²) in [7, 11) is 0. The number of carbonyl (C=O) groups excluding carboxylic acids is 2. The Bertz CT molecular complexity index is 1690. The Morgan fingerprint density at radius 3 is 2.19 bits per heavy atom. The van der Waals surface area contributed by atoms with E-state index >= 15 is 0 Å². The first-order valence-corrected chi connectivity index (χ1v) is 12.6. The Balaban J connectivity index is 1.29. The third-order valence-electron chi connectivity index (χ3n) is 6.32. The monoisotopic (exact) mass is 495 g/mol. The molecule has 1 aliphatic heterocycles. The molecule has 8 nitrogen and oxygen atoms in total. The van der Waals surface area contributed by atoms with Crippen molar-refractivity contribution in [1.82, 2.24) is 24.1 Å². The Hall–Kier alpha value is -4.24. The average molecular weight is 496 g/mol. The fraction of sp³-hybridized carbons (Fsp3) is 0.148. The predicted molar refractivity (Wildman–Crippen MR) is 138 cm³/mol. The topological polar surface area (TPSA) is 89.6 Å². The molecule has 9 heteroatoms. The van der Waals surface area contributed by atoms with Crippen LogP contribution in [0.2, 0.25) is 0 Å². The molecule has 3 aromatic carbocycles. The lowest BCUT2D eigenvalue weighted by Crippen LogP contribution is -2.31. The van der Waals surface area contributed by atoms with Crippen LogP contribution in [0.4, 0.5) is 0 Å². The molecule has 0 N–H and O–H groups in total. The summed E-state index contributed by atoms with van der Waals surface area (Å²) < 4.78 is 3.47. The van der Waals surface area contributed by atoms with E-state index in [1.807, 2.05) is 53.8 Å². The van der Waals surface area contributed by atoms with Crippen LogP contribution in [0.1, 0.15) is 32.7 Å². The molecular formula is C27H21N5O3S. The molecule has 36 heavy (non-hydrogen) atoms. The van der Waals surface area contributed by atoms with Crippen molar-refractivity contribution in [3.63, 3.8) is 0 Å². The second-order valence-corrected chi connectivity index (χ2v) is 9.68. The first kappa shape index (κ1) is 22.2. The number of rotatable bonds is 6. The Kier molecular flexibility index (Phi) is 5.41. The maximum atomic E-state index is 13.4. The fourth-order valence-corrected chi connectivity index (χ4v) is 5.39. The number of nitrogens with zero attached hydrogens (tertiary/aromatic N) is 5. The zero-order valence-corrected chi connectivity index (χ0v) is 20.2. The Morgan fingerprint density at radius 2 is 1.47 bits per heavy atom. The number of thioether (sulfide) groups is 1. The average Bonchev–Trinajstić information content (AvgIpc) is 3.42. The third kappa shape index (κ3) is 3.51. The van der Waals surface area contributed by atoms with Crippen molar-refractivity contribution >= 4 is 40.3 Å². The molecule has 0 radical (unpaired) electrons. The minimum Gasteiger partial charge on any atom is -0.274 e. The summed E-state index contributed by atoms with van der Waals surface area (Å²) in [4.78, 5) is 39.9. The molecule has 0 bridgehead atoms. The second-order valence-electron chi connectivity index (χ2n) is 8.62. The summed E-state index contributed by atoms with van der Waals surface area (Å²) in [5.74, 6) is 0.556. The lowest BCUT2D eigenvalue weighted by Gasteiger charge is -2.13. The highest BCUT2D eigenvalue weighted by Gasteiger charge is 2.34. The summed E-state index contributed by atoms with van der Waals surface area (Å²) in [6, 6.07) is 22.0. The summed E-state index contributed by atoms with van der Waals surface area (Å²) in [5, 5.41) is 9.97. The molecule has 0 atom stereocenters. The maximum Gasteiger partial charge on any atom is 0.267 e. The van der Waals surface area contributed by atoms with Gasteiger partial charge < -0.3 is 0 Å². The van der Waals surface area contributed by atoms with Gasteiger partial charge in [-0.1, -0.05) is 53.7 Å². The van der Waals surface area contributed by atoms with E-state index in [9.17, 15) is 14.4 Å². The zero-order valence-electron chi connectivity index (χ0n) is 19.4. The van der Waals surface area contributed by atoms with Crippen molar-refractivity contribution in [3.8, 4) is 5.69 Å². The molecule has 0 aliphatic carbocycles. The van der Waals surface area contributed by atoms with Gasteiger partial charge in [-0.05, 0) is 49.7 Å². The van der Waals surface area contributed by atoms with Crippen LogP contribution in [-0.4, -0.2) is 48.2 Å². The minimum atomic E-state index is -0.248. The van der Waals surface area contributed by atoms with Gasteiger partial charge in [-0.15, -0.1) is 10.2 Å². The van der Waals surface area contributed by atoms with Crippen LogP contribution in [0, 0.1) is 6.92 Å². The Morgan fingerprint density at radius 1 is 0.806 bits per heavy atom. The van der Waals surface area contributed by atoms with Crippen molar-refractivity contribution in [2.75, 3.05) is 12.3 Å². The van der Waals surface area contributed by atoms with Gasteiger partial charge in [0, 0.05) is 12.3 Å². The van der Waals surface area contributed by atoms with Gasteiger partial charge >= 0.3 is 0 Å². The summed E-state index contributed by atoms with van der Waals surface area (Å²) in [6.45, 7) is 2.32. The first-order chi connectivity index (χ1) is 17.5. The van der Waals surface area contributed by atoms with E-state index in [1.165, 1.54) is 16.7 Å². The Labute approximate surface area is 210 Å². The van der Waals surface area contributed by atoms with Crippen molar-refractivity contribution in [1.29, 1.82) is 0 Å². The van der Waals surface area contributed by atoms with E-state index in [1.54, 1.807) is 34.9 Å². The number of aryl methyl sites for hydroxylation is 1. The SMILES string of the molecule is Cc1ccc(-n2c(=O)c3ccccc3n3c(SCCCN4C(=O)c5ccccc5C4=O)nnc23)cc1. The number of fused-ring (bicyclic) bond motifs is 4. The van der Waals surface area contributed by atoms with Crippen LogP contribution in [0.25, 0.3) is 22.4 Å². The van der Waals surface area contributed by atoms with Crippen LogP contribution in [0.3, 0.4) is 0 Å². The van der Waals surface area contributed by atoms with E-state index in [-0.39, 0.29) is 17.4 Å². The molecule has 3 heterocycles. The number of amides is 2. The largest absolute Gasteiger partial charge is 0.274 e. The van der Waals surface area contributed by atoms with E-state index < -0.39 is 0 Å². The smallest absolute Gasteiger partial charge is 0.267 e. The van der Waals surface area contributed by atoms with E-state index in [0.29, 0.717) is 46.2 Å². The van der Waals surface area contributed by atoms with Gasteiger partial charge in [-0.25, -0.2) is 4.57 Å². The maximum absolute atomic E-state index is 13.4. The molecule has 0 saturated heterocycles. The van der Waals surface area contributed by atoms with Gasteiger partial charge in [0.1, 0.15) is 0 Å². The van der Waals surface area contributed by atoms with Gasteiger partial charge in [-0.2, -0.15) is 0 Å². The molecule has 2 amide bonds. The third-order valence-corrected chi connectivity index (χ3v) is 7.34. The lowest BCUT2D eigenvalue weighted by atomic mass is 10.1. The number of hydrogen-bond acceptors (Lipinski definition) is 6. The number of carbonyl (C=O) groups is 2. The minimum absolute atomic E-state index is 0.156. The van der Waals surface area contributed by atoms with Crippen molar-refractivity contribution in [2.45, 2.75) is 18.5 Å². The first-order valence-electron chi connectivity index (χ1n) is 11.6. The number of aromatic nitrogens is 4. The van der Waals surface area contributed by atoms with E-state index in [0.717, 1.165) is 16.8 Å². The number of hydrogen-bond donors (Lipinski definition) is 0. The number of imide groups is 1. The van der Waals surface area contributed by atoms with Crippen LogP contribution < -0.4 is 5.56 Å². The fourth-order valence-electron chi connectivity index (χ4n) is 4.53. The quantitative estimate of drug-likeness (QED) is 0.200. The molecule has 6 rings (SSSR count). The van der Waals surface area contributed by atoms with Crippen molar-refractivity contribution in [2.24, 2.45) is 0 Å². The van der Waals surface area contributed by atoms with Crippen LogP contribution >= 0.6 is 11.8 Å². The van der Waals surface area contributed by atoms with E-state index in [4.69, 9.17) is 0 Å². The summed E-state index contributed by atoms with van der Waals surface area (Å²) >= 11 is 1.48. The van der Waals surface area contributed by atoms with Crippen LogP contribution in [-0.2, 0) is 0 Å². The van der Waals surface area contributed by atoms with Crippen molar-refractivity contribution < 1.29 is 9.59 Å². The van der Waals surface area contributed by atoms with Crippen molar-refractivity contribution in [3.05, 3.63) is 99.8 Å². The van der Waals surface area contributed by atoms with Crippen LogP contribution in [0.5, 0.6) is 0 Å². The zero-order chi connectivity index (χ0) is 24.8. The molecule has 0 unspecified atom stereocenters. The molecule has 0 spiro atoms.